The third kappa shape index (κ3) is 3.17. The van der Waals surface area contributed by atoms with E-state index in [-0.39, 0.29) is 30.8 Å². The average Bonchev–Trinajstić information content (AvgIpc) is 2.99. The Morgan fingerprint density at radius 2 is 1.83 bits per heavy atom. The van der Waals surface area contributed by atoms with E-state index in [0.29, 0.717) is 5.41 Å². The molecule has 0 saturated carbocycles. The molecule has 4 amide bonds. The van der Waals surface area contributed by atoms with Gasteiger partial charge in [0.05, 0.1) is 0 Å². The number of nitrogens with one attached hydrogen (secondary N) is 2. The molecule has 0 aromatic rings. The molecule has 0 atom stereocenters. The van der Waals surface area contributed by atoms with E-state index in [1.165, 1.54) is 11.3 Å². The number of likely N-dealkylation sites (tertiary alicyclic amines) is 1. The minimum absolute atomic E-state index is 0. The highest BCUT2D eigenvalue weighted by atomic mass is 35.5. The first-order chi connectivity index (χ1) is 10.3. The number of imide groups is 1. The van der Waals surface area contributed by atoms with Crippen molar-refractivity contribution in [2.75, 3.05) is 32.7 Å². The van der Waals surface area contributed by atoms with Gasteiger partial charge in [-0.05, 0) is 45.1 Å². The number of hydrogen-bond acceptors (Lipinski definition) is 4. The molecule has 130 valence electrons. The minimum Gasteiger partial charge on any atom is -0.341 e. The lowest BCUT2D eigenvalue weighted by Crippen LogP contribution is -2.52. The summed E-state index contributed by atoms with van der Waals surface area (Å²) in [5.74, 6) is -0.418. The van der Waals surface area contributed by atoms with Crippen LogP contribution in [0.15, 0.2) is 0 Å². The highest BCUT2D eigenvalue weighted by molar-refractivity contribution is 6.07. The van der Waals surface area contributed by atoms with Gasteiger partial charge in [0, 0.05) is 19.6 Å². The van der Waals surface area contributed by atoms with Crippen LogP contribution in [0.4, 0.5) is 4.79 Å². The summed E-state index contributed by atoms with van der Waals surface area (Å²) in [6, 6.07) is -0.475. The fourth-order valence-corrected chi connectivity index (χ4v) is 3.65. The molecule has 3 rings (SSSR count). The molecule has 3 saturated heterocycles. The highest BCUT2D eigenvalue weighted by Crippen LogP contribution is 2.37. The number of amides is 4. The predicted molar refractivity (Wildman–Crippen MR) is 87.3 cm³/mol. The van der Waals surface area contributed by atoms with Crippen molar-refractivity contribution in [2.24, 2.45) is 5.41 Å². The summed E-state index contributed by atoms with van der Waals surface area (Å²) in [5.41, 5.74) is -0.601. The van der Waals surface area contributed by atoms with Gasteiger partial charge in [-0.15, -0.1) is 12.4 Å². The molecule has 0 aromatic carbocycles. The highest BCUT2D eigenvalue weighted by Gasteiger charge is 2.47. The van der Waals surface area contributed by atoms with Crippen molar-refractivity contribution in [3.63, 3.8) is 0 Å². The number of halogens is 1. The molecular formula is C15H25ClN4O3. The Labute approximate surface area is 142 Å². The van der Waals surface area contributed by atoms with E-state index in [4.69, 9.17) is 0 Å². The van der Waals surface area contributed by atoms with Crippen molar-refractivity contribution in [3.8, 4) is 0 Å². The number of carbonyl (C=O) groups excluding carboxylic acids is 3. The third-order valence-electron chi connectivity index (χ3n) is 5.50. The standard InChI is InChI=1S/C15H24N4O3.ClH/c1-14(2)12(21)17-13(22)19(14)9-11(20)18-7-4-15(5-8-18)3-6-16-10-15;/h16H,3-10H2,1-2H3,(H,17,21,22);1H. The van der Waals surface area contributed by atoms with Crippen LogP contribution in [0.5, 0.6) is 0 Å². The van der Waals surface area contributed by atoms with Gasteiger partial charge >= 0.3 is 6.03 Å². The maximum absolute atomic E-state index is 12.5. The molecule has 3 fully saturated rings. The summed E-state index contributed by atoms with van der Waals surface area (Å²) in [6.07, 6.45) is 3.21. The van der Waals surface area contributed by atoms with E-state index in [2.05, 4.69) is 10.6 Å². The molecule has 0 unspecified atom stereocenters. The number of urea groups is 1. The summed E-state index contributed by atoms with van der Waals surface area (Å²) in [6.45, 7) is 6.89. The van der Waals surface area contributed by atoms with Crippen molar-refractivity contribution in [3.05, 3.63) is 0 Å². The summed E-state index contributed by atoms with van der Waals surface area (Å²) >= 11 is 0. The maximum atomic E-state index is 12.5. The second-order valence-corrected chi connectivity index (χ2v) is 7.21. The van der Waals surface area contributed by atoms with Gasteiger partial charge in [-0.1, -0.05) is 0 Å². The Kier molecular flexibility index (Phi) is 4.92. The lowest BCUT2D eigenvalue weighted by atomic mass is 9.78. The van der Waals surface area contributed by atoms with Crippen LogP contribution >= 0.6 is 12.4 Å². The van der Waals surface area contributed by atoms with Gasteiger partial charge in [-0.2, -0.15) is 0 Å². The number of hydrogen-bond donors (Lipinski definition) is 2. The normalized spacial score (nSPS) is 25.5. The van der Waals surface area contributed by atoms with Crippen molar-refractivity contribution in [1.29, 1.82) is 0 Å². The lowest BCUT2D eigenvalue weighted by molar-refractivity contribution is -0.135. The first kappa shape index (κ1) is 18.0. The molecule has 1 spiro atoms. The Morgan fingerprint density at radius 3 is 2.30 bits per heavy atom. The van der Waals surface area contributed by atoms with E-state index in [1.807, 2.05) is 4.90 Å². The van der Waals surface area contributed by atoms with Crippen LogP contribution in [-0.4, -0.2) is 65.9 Å². The van der Waals surface area contributed by atoms with E-state index < -0.39 is 11.6 Å². The van der Waals surface area contributed by atoms with Gasteiger partial charge in [0.25, 0.3) is 5.91 Å². The van der Waals surface area contributed by atoms with E-state index in [1.54, 1.807) is 13.8 Å². The van der Waals surface area contributed by atoms with Crippen molar-refractivity contribution < 1.29 is 14.4 Å². The fourth-order valence-electron chi connectivity index (χ4n) is 3.65. The molecule has 7 nitrogen and oxygen atoms in total. The first-order valence-corrected chi connectivity index (χ1v) is 7.96. The number of piperidine rings is 1. The molecule has 23 heavy (non-hydrogen) atoms. The Bertz CT molecular complexity index is 507. The third-order valence-corrected chi connectivity index (χ3v) is 5.50. The molecule has 8 heteroatoms. The van der Waals surface area contributed by atoms with Gasteiger partial charge in [0.15, 0.2) is 0 Å². The van der Waals surface area contributed by atoms with Crippen LogP contribution in [-0.2, 0) is 9.59 Å². The van der Waals surface area contributed by atoms with Crippen LogP contribution in [0, 0.1) is 5.41 Å². The number of nitrogens with zero attached hydrogens (tertiary/aromatic N) is 2. The molecule has 0 radical (unpaired) electrons. The summed E-state index contributed by atoms with van der Waals surface area (Å²) in [7, 11) is 0. The molecule has 2 N–H and O–H groups in total. The van der Waals surface area contributed by atoms with Gasteiger partial charge in [-0.25, -0.2) is 4.79 Å². The van der Waals surface area contributed by atoms with Gasteiger partial charge in [0.1, 0.15) is 12.1 Å². The van der Waals surface area contributed by atoms with Crippen molar-refractivity contribution >= 4 is 30.3 Å². The molecule has 0 bridgehead atoms. The smallest absolute Gasteiger partial charge is 0.325 e. The monoisotopic (exact) mass is 344 g/mol. The second kappa shape index (κ2) is 6.28. The van der Waals surface area contributed by atoms with E-state index >= 15 is 0 Å². The van der Waals surface area contributed by atoms with Gasteiger partial charge < -0.3 is 15.1 Å². The maximum Gasteiger partial charge on any atom is 0.325 e. The molecule has 0 aromatic heterocycles. The fraction of sp³-hybridized carbons (Fsp3) is 0.800. The number of rotatable bonds is 2. The Balaban J connectivity index is 0.00000192. The summed E-state index contributed by atoms with van der Waals surface area (Å²) < 4.78 is 0. The van der Waals surface area contributed by atoms with Crippen LogP contribution in [0.2, 0.25) is 0 Å². The summed E-state index contributed by atoms with van der Waals surface area (Å²) in [5, 5.41) is 5.68. The lowest BCUT2D eigenvalue weighted by Gasteiger charge is -2.39. The molecule has 3 aliphatic heterocycles. The zero-order chi connectivity index (χ0) is 16.0. The first-order valence-electron chi connectivity index (χ1n) is 7.96. The Hall–Kier alpha value is -1.34. The van der Waals surface area contributed by atoms with Crippen LogP contribution < -0.4 is 10.6 Å². The largest absolute Gasteiger partial charge is 0.341 e. The van der Waals surface area contributed by atoms with Gasteiger partial charge in [-0.3, -0.25) is 14.9 Å². The zero-order valence-electron chi connectivity index (χ0n) is 13.7. The molecule has 3 heterocycles. The Morgan fingerprint density at radius 1 is 1.17 bits per heavy atom. The van der Waals surface area contributed by atoms with Crippen LogP contribution in [0.3, 0.4) is 0 Å². The minimum atomic E-state index is -0.959. The average molecular weight is 345 g/mol. The summed E-state index contributed by atoms with van der Waals surface area (Å²) in [4.78, 5) is 39.2. The zero-order valence-corrected chi connectivity index (χ0v) is 14.5. The van der Waals surface area contributed by atoms with Crippen molar-refractivity contribution in [1.82, 2.24) is 20.4 Å². The molecular weight excluding hydrogens is 320 g/mol. The van der Waals surface area contributed by atoms with E-state index in [9.17, 15) is 14.4 Å². The van der Waals surface area contributed by atoms with Crippen LogP contribution in [0.25, 0.3) is 0 Å². The number of carbonyl (C=O) groups is 3. The predicted octanol–water partition coefficient (Wildman–Crippen LogP) is 0.341. The second-order valence-electron chi connectivity index (χ2n) is 7.21. The SMILES string of the molecule is CC1(C)C(=O)NC(=O)N1CC(=O)N1CCC2(CCNC2)CC1.Cl. The van der Waals surface area contributed by atoms with E-state index in [0.717, 1.165) is 39.0 Å². The topological polar surface area (TPSA) is 81.8 Å². The van der Waals surface area contributed by atoms with Gasteiger partial charge in [0.2, 0.25) is 5.91 Å². The molecule has 3 aliphatic rings. The molecule has 0 aliphatic carbocycles. The quantitative estimate of drug-likeness (QED) is 0.708. The van der Waals surface area contributed by atoms with Crippen molar-refractivity contribution in [2.45, 2.75) is 38.6 Å². The van der Waals surface area contributed by atoms with Crippen LogP contribution in [0.1, 0.15) is 33.1 Å².